The van der Waals surface area contributed by atoms with E-state index in [4.69, 9.17) is 11.6 Å². The van der Waals surface area contributed by atoms with E-state index in [1.807, 2.05) is 0 Å². The van der Waals surface area contributed by atoms with Crippen LogP contribution in [0, 0.1) is 0 Å². The summed E-state index contributed by atoms with van der Waals surface area (Å²) >= 11 is 5.92. The van der Waals surface area contributed by atoms with Crippen LogP contribution in [0.1, 0.15) is 13.8 Å². The van der Waals surface area contributed by atoms with Crippen molar-refractivity contribution in [1.82, 2.24) is 9.29 Å². The molecule has 0 saturated carbocycles. The summed E-state index contributed by atoms with van der Waals surface area (Å²) < 4.78 is 25.6. The molecule has 0 unspecified atom stereocenters. The van der Waals surface area contributed by atoms with Crippen molar-refractivity contribution >= 4 is 27.4 Å². The van der Waals surface area contributed by atoms with Crippen molar-refractivity contribution in [1.29, 1.82) is 0 Å². The molecule has 8 heteroatoms. The van der Waals surface area contributed by atoms with Gasteiger partial charge in [-0.3, -0.25) is 0 Å². The normalized spacial score (nSPS) is 12.8. The van der Waals surface area contributed by atoms with Crippen molar-refractivity contribution in [2.75, 3.05) is 26.0 Å². The predicted octanol–water partition coefficient (Wildman–Crippen LogP) is 1.17. The van der Waals surface area contributed by atoms with Gasteiger partial charge in [-0.15, -0.1) is 0 Å². The molecule has 2 N–H and O–H groups in total. The Morgan fingerprint density at radius 1 is 1.53 bits per heavy atom. The molecule has 0 spiro atoms. The summed E-state index contributed by atoms with van der Waals surface area (Å²) in [5.74, 6) is 0.408. The number of aliphatic hydroxyl groups is 1. The van der Waals surface area contributed by atoms with E-state index < -0.39 is 15.6 Å². The first kappa shape index (κ1) is 16.2. The summed E-state index contributed by atoms with van der Waals surface area (Å²) in [6.07, 6.45) is 1.23. The van der Waals surface area contributed by atoms with Gasteiger partial charge in [-0.25, -0.2) is 13.4 Å². The Morgan fingerprint density at radius 2 is 2.11 bits per heavy atom. The number of halogens is 1. The van der Waals surface area contributed by atoms with Gasteiger partial charge in [-0.1, -0.05) is 11.6 Å². The molecule has 1 heterocycles. The number of nitrogens with one attached hydrogen (secondary N) is 1. The molecule has 0 aliphatic rings. The highest BCUT2D eigenvalue weighted by atomic mass is 35.5. The van der Waals surface area contributed by atoms with Crippen LogP contribution < -0.4 is 5.32 Å². The maximum absolute atomic E-state index is 12.3. The average molecular weight is 308 g/mol. The lowest BCUT2D eigenvalue weighted by molar-refractivity contribution is 0.0640. The predicted molar refractivity (Wildman–Crippen MR) is 74.9 cm³/mol. The molecule has 0 aliphatic heterocycles. The van der Waals surface area contributed by atoms with Crippen LogP contribution >= 0.6 is 11.6 Å². The van der Waals surface area contributed by atoms with Crippen LogP contribution in [-0.4, -0.2) is 49.1 Å². The molecule has 108 valence electrons. The molecule has 0 atom stereocenters. The van der Waals surface area contributed by atoms with E-state index in [0.717, 1.165) is 4.31 Å². The third-order valence-corrected chi connectivity index (χ3v) is 4.43. The molecule has 1 rings (SSSR count). The summed E-state index contributed by atoms with van der Waals surface area (Å²) in [7, 11) is -0.683. The van der Waals surface area contributed by atoms with E-state index in [-0.39, 0.29) is 16.5 Å². The Bertz CT molecular complexity index is 555. The van der Waals surface area contributed by atoms with Gasteiger partial charge in [-0.2, -0.15) is 4.31 Å². The first-order valence-corrected chi connectivity index (χ1v) is 7.42. The van der Waals surface area contributed by atoms with Gasteiger partial charge in [0.25, 0.3) is 0 Å². The zero-order valence-electron chi connectivity index (χ0n) is 11.3. The minimum absolute atomic E-state index is 0.0109. The van der Waals surface area contributed by atoms with Gasteiger partial charge in [0, 0.05) is 26.8 Å². The summed E-state index contributed by atoms with van der Waals surface area (Å²) in [5, 5.41) is 12.6. The minimum Gasteiger partial charge on any atom is -0.389 e. The highest BCUT2D eigenvalue weighted by molar-refractivity contribution is 7.89. The number of hydrogen-bond donors (Lipinski definition) is 2. The summed E-state index contributed by atoms with van der Waals surface area (Å²) in [6, 6.07) is 1.33. The van der Waals surface area contributed by atoms with Crippen LogP contribution in [0.15, 0.2) is 17.2 Å². The number of nitrogens with zero attached hydrogens (tertiary/aromatic N) is 2. The lowest BCUT2D eigenvalue weighted by atomic mass is 10.1. The molecule has 0 bridgehead atoms. The molecule has 6 nitrogen and oxygen atoms in total. The fourth-order valence-corrected chi connectivity index (χ4v) is 3.18. The van der Waals surface area contributed by atoms with Crippen LogP contribution in [0.25, 0.3) is 0 Å². The minimum atomic E-state index is -3.72. The van der Waals surface area contributed by atoms with E-state index in [0.29, 0.717) is 5.82 Å². The molecule has 0 saturated heterocycles. The second kappa shape index (κ2) is 5.62. The van der Waals surface area contributed by atoms with Crippen molar-refractivity contribution in [3.8, 4) is 0 Å². The first-order chi connectivity index (χ1) is 8.58. The Labute approximate surface area is 118 Å². The Kier molecular flexibility index (Phi) is 4.78. The quantitative estimate of drug-likeness (QED) is 0.853. The third kappa shape index (κ3) is 4.04. The number of hydrogen-bond acceptors (Lipinski definition) is 5. The molecule has 19 heavy (non-hydrogen) atoms. The molecule has 0 aromatic carbocycles. The molecule has 0 radical (unpaired) electrons. The number of likely N-dealkylation sites (N-methyl/N-ethyl adjacent to an activating group) is 1. The van der Waals surface area contributed by atoms with Gasteiger partial charge in [0.1, 0.15) is 10.7 Å². The molecule has 1 aromatic rings. The van der Waals surface area contributed by atoms with Crippen molar-refractivity contribution in [2.24, 2.45) is 0 Å². The fourth-order valence-electron chi connectivity index (χ4n) is 1.56. The van der Waals surface area contributed by atoms with Crippen molar-refractivity contribution in [3.05, 3.63) is 17.3 Å². The third-order valence-electron chi connectivity index (χ3n) is 2.37. The zero-order valence-corrected chi connectivity index (χ0v) is 12.9. The van der Waals surface area contributed by atoms with Crippen LogP contribution in [0.5, 0.6) is 0 Å². The van der Waals surface area contributed by atoms with Crippen LogP contribution in [0.2, 0.25) is 5.02 Å². The lowest BCUT2D eigenvalue weighted by Crippen LogP contribution is -2.39. The molecule has 0 fully saturated rings. The number of sulfonamides is 1. The lowest BCUT2D eigenvalue weighted by Gasteiger charge is -2.25. The van der Waals surface area contributed by atoms with Gasteiger partial charge in [0.05, 0.1) is 10.6 Å². The van der Waals surface area contributed by atoms with Crippen molar-refractivity contribution < 1.29 is 13.5 Å². The van der Waals surface area contributed by atoms with Crippen LogP contribution in [0.3, 0.4) is 0 Å². The maximum atomic E-state index is 12.3. The van der Waals surface area contributed by atoms with Gasteiger partial charge < -0.3 is 10.4 Å². The van der Waals surface area contributed by atoms with Crippen LogP contribution in [-0.2, 0) is 10.0 Å². The Hall–Kier alpha value is -0.890. The SMILES string of the molecule is CNc1ncc(S(=O)(=O)N(C)CC(C)(C)O)cc1Cl. The second-order valence-electron chi connectivity index (χ2n) is 4.82. The fraction of sp³-hybridized carbons (Fsp3) is 0.545. The van der Waals surface area contributed by atoms with Gasteiger partial charge in [-0.05, 0) is 19.9 Å². The molecule has 0 aliphatic carbocycles. The van der Waals surface area contributed by atoms with Gasteiger partial charge in [0.15, 0.2) is 0 Å². The van der Waals surface area contributed by atoms with Crippen molar-refractivity contribution in [2.45, 2.75) is 24.3 Å². The second-order valence-corrected chi connectivity index (χ2v) is 7.28. The highest BCUT2D eigenvalue weighted by Crippen LogP contribution is 2.24. The van der Waals surface area contributed by atoms with Crippen LogP contribution in [0.4, 0.5) is 5.82 Å². The topological polar surface area (TPSA) is 82.5 Å². The first-order valence-electron chi connectivity index (χ1n) is 5.60. The number of rotatable bonds is 5. The van der Waals surface area contributed by atoms with E-state index >= 15 is 0 Å². The summed E-state index contributed by atoms with van der Waals surface area (Å²) in [4.78, 5) is 3.92. The molecule has 1 aromatic heterocycles. The number of anilines is 1. The van der Waals surface area contributed by atoms with Gasteiger partial charge in [0.2, 0.25) is 10.0 Å². The van der Waals surface area contributed by atoms with E-state index in [1.165, 1.54) is 33.2 Å². The number of aromatic nitrogens is 1. The van der Waals surface area contributed by atoms with E-state index in [9.17, 15) is 13.5 Å². The monoisotopic (exact) mass is 307 g/mol. The highest BCUT2D eigenvalue weighted by Gasteiger charge is 2.27. The zero-order chi connectivity index (χ0) is 14.8. The Morgan fingerprint density at radius 3 is 2.53 bits per heavy atom. The molecule has 0 amide bonds. The summed E-state index contributed by atoms with van der Waals surface area (Å²) in [6.45, 7) is 3.05. The van der Waals surface area contributed by atoms with E-state index in [1.54, 1.807) is 7.05 Å². The Balaban J connectivity index is 3.10. The molecular weight excluding hydrogens is 290 g/mol. The van der Waals surface area contributed by atoms with E-state index in [2.05, 4.69) is 10.3 Å². The number of pyridine rings is 1. The van der Waals surface area contributed by atoms with Crippen molar-refractivity contribution in [3.63, 3.8) is 0 Å². The standard InChI is InChI=1S/C11H18ClN3O3S/c1-11(2,16)7-15(4)19(17,18)8-5-9(12)10(13-3)14-6-8/h5-6,16H,7H2,1-4H3,(H,13,14). The van der Waals surface area contributed by atoms with Gasteiger partial charge >= 0.3 is 0 Å². The average Bonchev–Trinajstić information content (AvgIpc) is 2.26. The smallest absolute Gasteiger partial charge is 0.244 e. The maximum Gasteiger partial charge on any atom is 0.244 e. The molecular formula is C11H18ClN3O3S. The summed E-state index contributed by atoms with van der Waals surface area (Å²) in [5.41, 5.74) is -1.12. The largest absolute Gasteiger partial charge is 0.389 e.